The number of thioether (sulfide) groups is 1. The number of H-pyrrole nitrogens is 1. The monoisotopic (exact) mass is 567 g/mol. The van der Waals surface area contributed by atoms with Gasteiger partial charge in [-0.3, -0.25) is 9.59 Å². The predicted octanol–water partition coefficient (Wildman–Crippen LogP) is 4.75. The summed E-state index contributed by atoms with van der Waals surface area (Å²) in [5.74, 6) is 0.453. The van der Waals surface area contributed by atoms with E-state index in [2.05, 4.69) is 63.1 Å². The molecule has 0 saturated carbocycles. The van der Waals surface area contributed by atoms with Crippen molar-refractivity contribution in [2.24, 2.45) is 0 Å². The third kappa shape index (κ3) is 5.58. The molecule has 0 aliphatic rings. The number of anilines is 1. The van der Waals surface area contributed by atoms with Crippen molar-refractivity contribution in [3.05, 3.63) is 41.6 Å². The van der Waals surface area contributed by atoms with E-state index in [1.165, 1.54) is 17.8 Å². The first-order valence-electron chi connectivity index (χ1n) is 7.60. The molecule has 0 aliphatic heterocycles. The third-order valence-electron chi connectivity index (χ3n) is 3.22. The Morgan fingerprint density at radius 3 is 2.69 bits per heavy atom. The van der Waals surface area contributed by atoms with Gasteiger partial charge in [0.2, 0.25) is 5.91 Å². The van der Waals surface area contributed by atoms with Gasteiger partial charge in [0.25, 0.3) is 5.56 Å². The molecule has 0 bridgehead atoms. The van der Waals surface area contributed by atoms with Gasteiger partial charge in [0.1, 0.15) is 5.75 Å². The summed E-state index contributed by atoms with van der Waals surface area (Å²) in [6.45, 7) is 2.02. The number of rotatable bonds is 7. The molecule has 0 unspecified atom stereocenters. The Bertz CT molecular complexity index is 874. The fourth-order valence-corrected chi connectivity index (χ4v) is 5.46. The van der Waals surface area contributed by atoms with E-state index >= 15 is 0 Å². The van der Waals surface area contributed by atoms with E-state index in [-0.39, 0.29) is 17.2 Å². The molecule has 0 fully saturated rings. The molecular formula is C16H16Br3N3O3S. The van der Waals surface area contributed by atoms with Gasteiger partial charge in [-0.1, -0.05) is 25.1 Å². The van der Waals surface area contributed by atoms with E-state index in [1.54, 1.807) is 13.2 Å². The number of ether oxygens (including phenoxy) is 1. The quantitative estimate of drug-likeness (QED) is 0.371. The highest BCUT2D eigenvalue weighted by Gasteiger charge is 2.17. The summed E-state index contributed by atoms with van der Waals surface area (Å²) in [5, 5.41) is 3.26. The molecular weight excluding hydrogens is 554 g/mol. The van der Waals surface area contributed by atoms with Crippen LogP contribution >= 0.6 is 59.6 Å². The number of carbonyl (C=O) groups is 1. The number of hydrogen-bond donors (Lipinski definition) is 2. The van der Waals surface area contributed by atoms with Crippen LogP contribution in [0, 0.1) is 0 Å². The number of nitrogens with zero attached hydrogens (tertiary/aromatic N) is 1. The van der Waals surface area contributed by atoms with Crippen molar-refractivity contribution in [2.45, 2.75) is 24.9 Å². The molecule has 26 heavy (non-hydrogen) atoms. The lowest BCUT2D eigenvalue weighted by molar-refractivity contribution is -0.113. The van der Waals surface area contributed by atoms with Crippen LogP contribution in [0.25, 0.3) is 0 Å². The maximum absolute atomic E-state index is 12.3. The molecule has 2 rings (SSSR count). The molecule has 0 radical (unpaired) electrons. The van der Waals surface area contributed by atoms with Crippen LogP contribution in [0.3, 0.4) is 0 Å². The maximum Gasteiger partial charge on any atom is 0.251 e. The number of halogens is 3. The minimum absolute atomic E-state index is 0.107. The summed E-state index contributed by atoms with van der Waals surface area (Å²) in [5.41, 5.74) is 1.08. The van der Waals surface area contributed by atoms with Crippen molar-refractivity contribution in [3.8, 4) is 5.75 Å². The Morgan fingerprint density at radius 1 is 1.31 bits per heavy atom. The number of aromatic nitrogens is 2. The van der Waals surface area contributed by atoms with Gasteiger partial charge < -0.3 is 15.0 Å². The summed E-state index contributed by atoms with van der Waals surface area (Å²) < 4.78 is 7.38. The molecule has 0 aliphatic carbocycles. The van der Waals surface area contributed by atoms with Crippen LogP contribution in [0.2, 0.25) is 0 Å². The number of aromatic amines is 1. The van der Waals surface area contributed by atoms with Gasteiger partial charge in [0.15, 0.2) is 5.16 Å². The summed E-state index contributed by atoms with van der Waals surface area (Å²) in [4.78, 5) is 31.0. The van der Waals surface area contributed by atoms with Gasteiger partial charge in [-0.25, -0.2) is 4.98 Å². The molecule has 1 amide bonds. The predicted molar refractivity (Wildman–Crippen MR) is 114 cm³/mol. The second-order valence-electron chi connectivity index (χ2n) is 5.19. The summed E-state index contributed by atoms with van der Waals surface area (Å²) in [6.07, 6.45) is 1.62. The fourth-order valence-electron chi connectivity index (χ4n) is 2.12. The number of methoxy groups -OCH3 is 1. The normalized spacial score (nSPS) is 10.7. The number of nitrogens with one attached hydrogen (secondary N) is 2. The Labute approximate surface area is 180 Å². The zero-order chi connectivity index (χ0) is 19.3. The number of amides is 1. The first-order valence-corrected chi connectivity index (χ1v) is 11.0. The van der Waals surface area contributed by atoms with E-state index in [9.17, 15) is 9.59 Å². The largest absolute Gasteiger partial charge is 0.494 e. The minimum Gasteiger partial charge on any atom is -0.494 e. The SMILES string of the molecule is CCCc1cc(=O)[nH]c(SCC(=O)Nc2c(Br)cc(Br)c(OC)c2Br)n1. The molecule has 0 saturated heterocycles. The number of benzene rings is 1. The maximum atomic E-state index is 12.3. The van der Waals surface area contributed by atoms with Gasteiger partial charge in [-0.2, -0.15) is 0 Å². The Kier molecular flexibility index (Phi) is 8.18. The molecule has 6 nitrogen and oxygen atoms in total. The molecule has 1 aromatic heterocycles. The van der Waals surface area contributed by atoms with Crippen LogP contribution in [0.1, 0.15) is 19.0 Å². The number of carbonyl (C=O) groups excluding carboxylic acids is 1. The highest BCUT2D eigenvalue weighted by molar-refractivity contribution is 9.11. The first kappa shape index (κ1) is 21.5. The van der Waals surface area contributed by atoms with Crippen molar-refractivity contribution >= 4 is 71.1 Å². The van der Waals surface area contributed by atoms with Crippen LogP contribution in [0.4, 0.5) is 5.69 Å². The van der Waals surface area contributed by atoms with Gasteiger partial charge in [0, 0.05) is 16.2 Å². The van der Waals surface area contributed by atoms with E-state index < -0.39 is 0 Å². The van der Waals surface area contributed by atoms with Crippen LogP contribution in [0.5, 0.6) is 5.75 Å². The zero-order valence-electron chi connectivity index (χ0n) is 14.0. The second-order valence-corrected chi connectivity index (χ2v) is 8.66. The lowest BCUT2D eigenvalue weighted by atomic mass is 10.2. The molecule has 2 N–H and O–H groups in total. The average Bonchev–Trinajstić information content (AvgIpc) is 2.57. The average molecular weight is 570 g/mol. The molecule has 10 heteroatoms. The third-order valence-corrected chi connectivity index (χ3v) is 6.06. The zero-order valence-corrected chi connectivity index (χ0v) is 19.6. The van der Waals surface area contributed by atoms with Gasteiger partial charge in [-0.15, -0.1) is 0 Å². The topological polar surface area (TPSA) is 84.1 Å². The van der Waals surface area contributed by atoms with Gasteiger partial charge in [-0.05, 0) is 60.3 Å². The Morgan fingerprint density at radius 2 is 2.04 bits per heavy atom. The molecule has 0 spiro atoms. The highest BCUT2D eigenvalue weighted by Crippen LogP contribution is 2.43. The fraction of sp³-hybridized carbons (Fsp3) is 0.312. The molecule has 2 aromatic rings. The molecule has 0 atom stereocenters. The Balaban J connectivity index is 2.10. The van der Waals surface area contributed by atoms with E-state index in [0.29, 0.717) is 25.5 Å². The summed E-state index contributed by atoms with van der Waals surface area (Å²) in [7, 11) is 1.55. The molecule has 140 valence electrons. The van der Waals surface area contributed by atoms with Gasteiger partial charge >= 0.3 is 0 Å². The van der Waals surface area contributed by atoms with Crippen LogP contribution in [0.15, 0.2) is 35.5 Å². The molecule has 1 aromatic carbocycles. The first-order chi connectivity index (χ1) is 12.3. The second kappa shape index (κ2) is 9.91. The van der Waals surface area contributed by atoms with E-state index in [0.717, 1.165) is 23.0 Å². The number of hydrogen-bond acceptors (Lipinski definition) is 5. The Hall–Kier alpha value is -0.840. The van der Waals surface area contributed by atoms with Crippen molar-refractivity contribution in [1.82, 2.24) is 9.97 Å². The lowest BCUT2D eigenvalue weighted by Gasteiger charge is -2.14. The summed E-state index contributed by atoms with van der Waals surface area (Å²) in [6, 6.07) is 3.27. The minimum atomic E-state index is -0.232. The van der Waals surface area contributed by atoms with Crippen LogP contribution < -0.4 is 15.6 Å². The lowest BCUT2D eigenvalue weighted by Crippen LogP contribution is -2.16. The van der Waals surface area contributed by atoms with Gasteiger partial charge in [0.05, 0.1) is 27.5 Å². The standard InChI is InChI=1S/C16H16Br3N3O3S/c1-3-4-8-5-11(23)22-16(20-8)26-7-12(24)21-14-9(17)6-10(18)15(25-2)13(14)19/h5-6H,3-4,7H2,1-2H3,(H,21,24)(H,20,22,23). The van der Waals surface area contributed by atoms with Crippen LogP contribution in [-0.2, 0) is 11.2 Å². The molecule has 1 heterocycles. The van der Waals surface area contributed by atoms with Crippen LogP contribution in [-0.4, -0.2) is 28.7 Å². The van der Waals surface area contributed by atoms with E-state index in [1.807, 2.05) is 6.92 Å². The van der Waals surface area contributed by atoms with E-state index in [4.69, 9.17) is 4.74 Å². The number of aryl methyl sites for hydroxylation is 1. The smallest absolute Gasteiger partial charge is 0.251 e. The van der Waals surface area contributed by atoms with Crippen molar-refractivity contribution in [1.29, 1.82) is 0 Å². The highest BCUT2D eigenvalue weighted by atomic mass is 79.9. The van der Waals surface area contributed by atoms with Crippen molar-refractivity contribution in [2.75, 3.05) is 18.2 Å². The van der Waals surface area contributed by atoms with Crippen molar-refractivity contribution < 1.29 is 9.53 Å². The van der Waals surface area contributed by atoms with Crippen molar-refractivity contribution in [3.63, 3.8) is 0 Å². The summed E-state index contributed by atoms with van der Waals surface area (Å²) >= 11 is 11.4.